The van der Waals surface area contributed by atoms with Gasteiger partial charge in [0.25, 0.3) is 0 Å². The molecule has 1 aliphatic heterocycles. The fourth-order valence-electron chi connectivity index (χ4n) is 4.18. The van der Waals surface area contributed by atoms with Crippen molar-refractivity contribution in [3.05, 3.63) is 91.3 Å². The van der Waals surface area contributed by atoms with Crippen molar-refractivity contribution in [3.8, 4) is 28.5 Å². The van der Waals surface area contributed by atoms with E-state index in [1.807, 2.05) is 67.6 Å². The fraction of sp³-hybridized carbons (Fsp3) is 0.214. The van der Waals surface area contributed by atoms with E-state index in [4.69, 9.17) is 9.47 Å². The Morgan fingerprint density at radius 2 is 1.43 bits per heavy atom. The van der Waals surface area contributed by atoms with Gasteiger partial charge in [0, 0.05) is 37.8 Å². The molecule has 0 spiro atoms. The van der Waals surface area contributed by atoms with E-state index < -0.39 is 10.0 Å². The van der Waals surface area contributed by atoms with Crippen LogP contribution in [0, 0.1) is 0 Å². The predicted molar refractivity (Wildman–Crippen MR) is 143 cm³/mol. The molecule has 0 aliphatic carbocycles. The Hall–Kier alpha value is -3.95. The van der Waals surface area contributed by atoms with Gasteiger partial charge in [0.15, 0.2) is 0 Å². The first-order chi connectivity index (χ1) is 18.0. The van der Waals surface area contributed by atoms with Crippen LogP contribution in [0.2, 0.25) is 0 Å². The maximum Gasteiger partial charge on any atom is 0.243 e. The van der Waals surface area contributed by atoms with Crippen molar-refractivity contribution in [2.24, 2.45) is 0 Å². The highest BCUT2D eigenvalue weighted by atomic mass is 32.2. The van der Waals surface area contributed by atoms with E-state index >= 15 is 0 Å². The number of aromatic nitrogens is 2. The minimum Gasteiger partial charge on any atom is -0.494 e. The van der Waals surface area contributed by atoms with E-state index in [1.54, 1.807) is 30.6 Å². The van der Waals surface area contributed by atoms with Gasteiger partial charge in [0.05, 0.1) is 17.2 Å². The number of sulfonamides is 1. The molecule has 1 aromatic heterocycles. The van der Waals surface area contributed by atoms with E-state index in [1.165, 1.54) is 4.31 Å². The lowest BCUT2D eigenvalue weighted by Crippen LogP contribution is -2.48. The molecule has 5 rings (SSSR count). The molecule has 1 saturated heterocycles. The Morgan fingerprint density at radius 1 is 0.784 bits per heavy atom. The maximum absolute atomic E-state index is 13.2. The Morgan fingerprint density at radius 3 is 2.11 bits per heavy atom. The number of nitrogens with zero attached hydrogens (tertiary/aromatic N) is 4. The fourth-order valence-corrected chi connectivity index (χ4v) is 5.60. The number of para-hydroxylation sites is 1. The highest BCUT2D eigenvalue weighted by Crippen LogP contribution is 2.27. The van der Waals surface area contributed by atoms with Gasteiger partial charge in [-0.05, 0) is 67.6 Å². The molecule has 0 amide bonds. The molecule has 37 heavy (non-hydrogen) atoms. The molecule has 0 N–H and O–H groups in total. The minimum absolute atomic E-state index is 0.251. The van der Waals surface area contributed by atoms with Crippen LogP contribution >= 0.6 is 0 Å². The first kappa shape index (κ1) is 24.7. The molecule has 190 valence electrons. The van der Waals surface area contributed by atoms with Gasteiger partial charge in [-0.15, -0.1) is 0 Å². The third-order valence-electron chi connectivity index (χ3n) is 6.12. The van der Waals surface area contributed by atoms with Gasteiger partial charge in [0.1, 0.15) is 29.4 Å². The van der Waals surface area contributed by atoms with Crippen LogP contribution in [0.15, 0.2) is 96.2 Å². The first-order valence-corrected chi connectivity index (χ1v) is 13.6. The zero-order valence-corrected chi connectivity index (χ0v) is 21.3. The number of hydrogen-bond acceptors (Lipinski definition) is 7. The van der Waals surface area contributed by atoms with Gasteiger partial charge in [-0.3, -0.25) is 0 Å². The molecule has 1 fully saturated rings. The summed E-state index contributed by atoms with van der Waals surface area (Å²) >= 11 is 0. The molecule has 0 bridgehead atoms. The number of benzene rings is 3. The number of piperazine rings is 1. The van der Waals surface area contributed by atoms with Crippen molar-refractivity contribution in [1.82, 2.24) is 14.3 Å². The molecule has 0 radical (unpaired) electrons. The van der Waals surface area contributed by atoms with Crippen LogP contribution in [0.25, 0.3) is 11.3 Å². The zero-order valence-electron chi connectivity index (χ0n) is 20.5. The van der Waals surface area contributed by atoms with Crippen molar-refractivity contribution in [2.45, 2.75) is 11.8 Å². The number of hydrogen-bond donors (Lipinski definition) is 0. The largest absolute Gasteiger partial charge is 0.494 e. The number of anilines is 1. The highest BCUT2D eigenvalue weighted by molar-refractivity contribution is 7.89. The van der Waals surface area contributed by atoms with Crippen LogP contribution in [0.5, 0.6) is 17.2 Å². The summed E-state index contributed by atoms with van der Waals surface area (Å²) in [7, 11) is -3.61. The van der Waals surface area contributed by atoms with Crippen molar-refractivity contribution in [2.75, 3.05) is 37.7 Å². The normalized spacial score (nSPS) is 14.4. The molecule has 8 nitrogen and oxygen atoms in total. The first-order valence-electron chi connectivity index (χ1n) is 12.2. The average Bonchev–Trinajstić information content (AvgIpc) is 2.95. The Balaban J connectivity index is 1.23. The summed E-state index contributed by atoms with van der Waals surface area (Å²) in [6, 6.07) is 25.6. The van der Waals surface area contributed by atoms with Gasteiger partial charge in [-0.2, -0.15) is 4.31 Å². The molecular formula is C28H28N4O4S. The van der Waals surface area contributed by atoms with Gasteiger partial charge in [-0.25, -0.2) is 18.4 Å². The molecule has 0 atom stereocenters. The summed E-state index contributed by atoms with van der Waals surface area (Å²) in [6.45, 7) is 4.38. The van der Waals surface area contributed by atoms with E-state index in [9.17, 15) is 8.42 Å². The quantitative estimate of drug-likeness (QED) is 0.331. The lowest BCUT2D eigenvalue weighted by atomic mass is 10.1. The van der Waals surface area contributed by atoms with Gasteiger partial charge < -0.3 is 14.4 Å². The zero-order chi connectivity index (χ0) is 25.7. The Labute approximate surface area is 217 Å². The van der Waals surface area contributed by atoms with Gasteiger partial charge in [-0.1, -0.05) is 18.2 Å². The summed E-state index contributed by atoms with van der Waals surface area (Å²) in [4.78, 5) is 11.2. The summed E-state index contributed by atoms with van der Waals surface area (Å²) < 4.78 is 39.3. The molecule has 2 heterocycles. The van der Waals surface area contributed by atoms with E-state index in [-0.39, 0.29) is 4.90 Å². The molecule has 1 aliphatic rings. The van der Waals surface area contributed by atoms with Crippen LogP contribution in [-0.2, 0) is 10.0 Å². The second-order valence-corrected chi connectivity index (χ2v) is 10.4. The van der Waals surface area contributed by atoms with Crippen LogP contribution in [-0.4, -0.2) is 55.5 Å². The molecule has 0 saturated carbocycles. The third-order valence-corrected chi connectivity index (χ3v) is 8.03. The Bertz CT molecular complexity index is 1420. The Kier molecular flexibility index (Phi) is 7.34. The predicted octanol–water partition coefficient (Wildman–Crippen LogP) is 4.85. The van der Waals surface area contributed by atoms with Crippen LogP contribution < -0.4 is 14.4 Å². The summed E-state index contributed by atoms with van der Waals surface area (Å²) in [5, 5.41) is 0. The molecule has 4 aromatic rings. The molecular weight excluding hydrogens is 488 g/mol. The standard InChI is InChI=1S/C28H28N4O4S/c1-2-35-23-10-8-22(9-11-23)27-20-28(30-21-29-27)31-16-18-32(19-17-31)37(33,34)26-14-12-25(13-15-26)36-24-6-4-3-5-7-24/h3-15,20-21H,2,16-19H2,1H3. The molecule has 0 unspecified atom stereocenters. The van der Waals surface area contributed by atoms with Crippen LogP contribution in [0.4, 0.5) is 5.82 Å². The SMILES string of the molecule is CCOc1ccc(-c2cc(N3CCN(S(=O)(=O)c4ccc(Oc5ccccc5)cc4)CC3)ncn2)cc1. The van der Waals surface area contributed by atoms with Crippen molar-refractivity contribution in [3.63, 3.8) is 0 Å². The summed E-state index contributed by atoms with van der Waals surface area (Å²) in [5.41, 5.74) is 1.77. The average molecular weight is 517 g/mol. The van der Waals surface area contributed by atoms with Gasteiger partial charge in [0.2, 0.25) is 10.0 Å². The second-order valence-electron chi connectivity index (χ2n) is 8.50. The van der Waals surface area contributed by atoms with Crippen molar-refractivity contribution < 1.29 is 17.9 Å². The van der Waals surface area contributed by atoms with Gasteiger partial charge >= 0.3 is 0 Å². The highest BCUT2D eigenvalue weighted by Gasteiger charge is 2.29. The summed E-state index contributed by atoms with van der Waals surface area (Å²) in [5.74, 6) is 2.88. The van der Waals surface area contributed by atoms with E-state index in [0.29, 0.717) is 44.3 Å². The van der Waals surface area contributed by atoms with E-state index in [2.05, 4.69) is 14.9 Å². The van der Waals surface area contributed by atoms with E-state index in [0.717, 1.165) is 22.8 Å². The summed E-state index contributed by atoms with van der Waals surface area (Å²) in [6.07, 6.45) is 1.54. The lowest BCUT2D eigenvalue weighted by molar-refractivity contribution is 0.340. The number of ether oxygens (including phenoxy) is 2. The molecule has 3 aromatic carbocycles. The van der Waals surface area contributed by atoms with Crippen molar-refractivity contribution in [1.29, 1.82) is 0 Å². The molecule has 9 heteroatoms. The lowest BCUT2D eigenvalue weighted by Gasteiger charge is -2.34. The number of rotatable bonds is 8. The van der Waals surface area contributed by atoms with Crippen molar-refractivity contribution >= 4 is 15.8 Å². The maximum atomic E-state index is 13.2. The van der Waals surface area contributed by atoms with Crippen LogP contribution in [0.1, 0.15) is 6.92 Å². The van der Waals surface area contributed by atoms with Crippen LogP contribution in [0.3, 0.4) is 0 Å². The smallest absolute Gasteiger partial charge is 0.243 e. The monoisotopic (exact) mass is 516 g/mol. The minimum atomic E-state index is -3.61. The third kappa shape index (κ3) is 5.73. The second kappa shape index (κ2) is 11.0. The topological polar surface area (TPSA) is 84.9 Å².